The summed E-state index contributed by atoms with van der Waals surface area (Å²) in [5.74, 6) is 0.204. The number of rotatable bonds is 4. The first-order chi connectivity index (χ1) is 7.27. The van der Waals surface area contributed by atoms with Crippen LogP contribution in [-0.2, 0) is 11.3 Å². The van der Waals surface area contributed by atoms with E-state index in [1.807, 2.05) is 22.7 Å². The third-order valence-electron chi connectivity index (χ3n) is 2.84. The van der Waals surface area contributed by atoms with E-state index in [-0.39, 0.29) is 5.91 Å². The molecule has 1 amide bonds. The van der Waals surface area contributed by atoms with Crippen LogP contribution >= 0.6 is 0 Å². The predicted octanol–water partition coefficient (Wildman–Crippen LogP) is -0.297. The molecule has 0 spiro atoms. The zero-order chi connectivity index (χ0) is 10.7. The van der Waals surface area contributed by atoms with Crippen molar-refractivity contribution in [3.05, 3.63) is 18.7 Å². The molecule has 1 N–H and O–H groups in total. The summed E-state index contributed by atoms with van der Waals surface area (Å²) < 4.78 is 1.92. The second-order valence-corrected chi connectivity index (χ2v) is 3.87. The zero-order valence-corrected chi connectivity index (χ0v) is 8.89. The highest BCUT2D eigenvalue weighted by atomic mass is 16.2. The van der Waals surface area contributed by atoms with E-state index < -0.39 is 0 Å². The maximum Gasteiger partial charge on any atom is 0.224 e. The minimum atomic E-state index is 0.204. The largest absolute Gasteiger partial charge is 0.340 e. The van der Waals surface area contributed by atoms with Gasteiger partial charge in [0, 0.05) is 45.5 Å². The number of imidazole rings is 1. The van der Waals surface area contributed by atoms with Gasteiger partial charge in [0.05, 0.1) is 12.4 Å². The van der Waals surface area contributed by atoms with Crippen LogP contribution in [0.15, 0.2) is 18.7 Å². The van der Waals surface area contributed by atoms with Gasteiger partial charge in [-0.05, 0) is 0 Å². The molecule has 1 aliphatic heterocycles. The van der Waals surface area contributed by atoms with Gasteiger partial charge in [0.1, 0.15) is 0 Å². The number of aryl methyl sites for hydroxylation is 1. The number of carbonyl (C=O) groups is 1. The van der Waals surface area contributed by atoms with Crippen LogP contribution in [0.5, 0.6) is 0 Å². The molecule has 2 heterocycles. The Morgan fingerprint density at radius 1 is 1.67 bits per heavy atom. The van der Waals surface area contributed by atoms with Gasteiger partial charge < -0.3 is 14.8 Å². The van der Waals surface area contributed by atoms with Gasteiger partial charge in [-0.25, -0.2) is 4.98 Å². The van der Waals surface area contributed by atoms with E-state index in [1.165, 1.54) is 0 Å². The number of hydrogen-bond acceptors (Lipinski definition) is 3. The second-order valence-electron chi connectivity index (χ2n) is 3.87. The van der Waals surface area contributed by atoms with Gasteiger partial charge in [-0.2, -0.15) is 0 Å². The van der Waals surface area contributed by atoms with Gasteiger partial charge in [-0.15, -0.1) is 0 Å². The van der Waals surface area contributed by atoms with Crippen molar-refractivity contribution in [3.63, 3.8) is 0 Å². The highest BCUT2D eigenvalue weighted by molar-refractivity contribution is 5.76. The van der Waals surface area contributed by atoms with Gasteiger partial charge in [-0.1, -0.05) is 0 Å². The molecule has 0 aliphatic carbocycles. The van der Waals surface area contributed by atoms with Crippen molar-refractivity contribution in [1.82, 2.24) is 19.8 Å². The quantitative estimate of drug-likeness (QED) is 0.739. The van der Waals surface area contributed by atoms with Crippen molar-refractivity contribution < 1.29 is 4.79 Å². The van der Waals surface area contributed by atoms with Crippen LogP contribution in [-0.4, -0.2) is 46.5 Å². The van der Waals surface area contributed by atoms with Crippen molar-refractivity contribution in [2.75, 3.05) is 20.1 Å². The van der Waals surface area contributed by atoms with Crippen molar-refractivity contribution in [3.8, 4) is 0 Å². The molecule has 0 unspecified atom stereocenters. The van der Waals surface area contributed by atoms with Crippen LogP contribution < -0.4 is 5.32 Å². The van der Waals surface area contributed by atoms with Gasteiger partial charge in [0.2, 0.25) is 5.91 Å². The molecule has 2 rings (SSSR count). The molecule has 0 atom stereocenters. The topological polar surface area (TPSA) is 50.2 Å². The number of carbonyl (C=O) groups excluding carboxylic acids is 1. The molecule has 15 heavy (non-hydrogen) atoms. The summed E-state index contributed by atoms with van der Waals surface area (Å²) in [5.41, 5.74) is 0. The minimum Gasteiger partial charge on any atom is -0.340 e. The summed E-state index contributed by atoms with van der Waals surface area (Å²) >= 11 is 0. The van der Waals surface area contributed by atoms with E-state index in [4.69, 9.17) is 0 Å². The number of nitrogens with one attached hydrogen (secondary N) is 1. The molecular weight excluding hydrogens is 192 g/mol. The zero-order valence-electron chi connectivity index (χ0n) is 8.89. The third-order valence-corrected chi connectivity index (χ3v) is 2.84. The van der Waals surface area contributed by atoms with Crippen molar-refractivity contribution in [2.24, 2.45) is 0 Å². The standard InChI is InChI=1S/C10H16N4O/c1-13(9-6-12-7-9)10(15)2-4-14-5-3-11-8-14/h3,5,8-9,12H,2,4,6-7H2,1H3. The van der Waals surface area contributed by atoms with Crippen molar-refractivity contribution in [2.45, 2.75) is 19.0 Å². The van der Waals surface area contributed by atoms with Crippen LogP contribution in [0.4, 0.5) is 0 Å². The molecule has 0 saturated carbocycles. The Morgan fingerprint density at radius 3 is 3.00 bits per heavy atom. The average Bonchev–Trinajstić information content (AvgIpc) is 2.63. The van der Waals surface area contributed by atoms with E-state index in [1.54, 1.807) is 12.5 Å². The second kappa shape index (κ2) is 4.44. The number of aromatic nitrogens is 2. The van der Waals surface area contributed by atoms with Crippen LogP contribution in [0.3, 0.4) is 0 Å². The maximum atomic E-state index is 11.7. The predicted molar refractivity (Wildman–Crippen MR) is 56.3 cm³/mol. The van der Waals surface area contributed by atoms with Gasteiger partial charge in [0.15, 0.2) is 0 Å². The number of hydrogen-bond donors (Lipinski definition) is 1. The molecule has 0 bridgehead atoms. The molecule has 1 aromatic rings. The molecule has 5 heteroatoms. The Kier molecular flexibility index (Phi) is 3.01. The normalized spacial score (nSPS) is 16.1. The van der Waals surface area contributed by atoms with Crippen LogP contribution in [0.1, 0.15) is 6.42 Å². The number of nitrogens with zero attached hydrogens (tertiary/aromatic N) is 3. The first-order valence-electron chi connectivity index (χ1n) is 5.19. The molecule has 1 aliphatic rings. The Balaban J connectivity index is 1.76. The molecule has 1 fully saturated rings. The van der Waals surface area contributed by atoms with Gasteiger partial charge in [0.25, 0.3) is 0 Å². The summed E-state index contributed by atoms with van der Waals surface area (Å²) in [7, 11) is 1.88. The Morgan fingerprint density at radius 2 is 2.47 bits per heavy atom. The van der Waals surface area contributed by atoms with Gasteiger partial charge in [-0.3, -0.25) is 4.79 Å². The lowest BCUT2D eigenvalue weighted by atomic mass is 10.1. The summed E-state index contributed by atoms with van der Waals surface area (Å²) in [6.07, 6.45) is 5.88. The van der Waals surface area contributed by atoms with Crippen molar-refractivity contribution >= 4 is 5.91 Å². The van der Waals surface area contributed by atoms with Gasteiger partial charge >= 0.3 is 0 Å². The molecule has 82 valence electrons. The number of likely N-dealkylation sites (N-methyl/N-ethyl adjacent to an activating group) is 1. The average molecular weight is 208 g/mol. The van der Waals surface area contributed by atoms with Crippen molar-refractivity contribution in [1.29, 1.82) is 0 Å². The molecule has 1 aromatic heterocycles. The summed E-state index contributed by atoms with van der Waals surface area (Å²) in [5, 5.41) is 3.16. The SMILES string of the molecule is CN(C(=O)CCn1ccnc1)C1CNC1. The lowest BCUT2D eigenvalue weighted by molar-refractivity contribution is -0.133. The lowest BCUT2D eigenvalue weighted by Crippen LogP contribution is -2.57. The fourth-order valence-corrected chi connectivity index (χ4v) is 1.57. The first kappa shape index (κ1) is 10.2. The van der Waals surface area contributed by atoms with E-state index in [2.05, 4.69) is 10.3 Å². The van der Waals surface area contributed by atoms with E-state index in [9.17, 15) is 4.79 Å². The smallest absolute Gasteiger partial charge is 0.224 e. The Bertz CT molecular complexity index is 318. The summed E-state index contributed by atoms with van der Waals surface area (Å²) in [6.45, 7) is 2.56. The first-order valence-corrected chi connectivity index (χ1v) is 5.19. The third kappa shape index (κ3) is 2.36. The molecule has 0 radical (unpaired) electrons. The Hall–Kier alpha value is -1.36. The summed E-state index contributed by atoms with van der Waals surface area (Å²) in [6, 6.07) is 0.389. The van der Waals surface area contributed by atoms with E-state index in [0.717, 1.165) is 13.1 Å². The fraction of sp³-hybridized carbons (Fsp3) is 0.600. The van der Waals surface area contributed by atoms with Crippen LogP contribution in [0.25, 0.3) is 0 Å². The van der Waals surface area contributed by atoms with E-state index in [0.29, 0.717) is 19.0 Å². The molecule has 5 nitrogen and oxygen atoms in total. The summed E-state index contributed by atoms with van der Waals surface area (Å²) in [4.78, 5) is 17.5. The molecular formula is C10H16N4O. The van der Waals surface area contributed by atoms with E-state index >= 15 is 0 Å². The highest BCUT2D eigenvalue weighted by Crippen LogP contribution is 2.04. The van der Waals surface area contributed by atoms with Crippen LogP contribution in [0, 0.1) is 0 Å². The highest BCUT2D eigenvalue weighted by Gasteiger charge is 2.24. The maximum absolute atomic E-state index is 11.7. The lowest BCUT2D eigenvalue weighted by Gasteiger charge is -2.35. The monoisotopic (exact) mass is 208 g/mol. The molecule has 0 aromatic carbocycles. The fourth-order valence-electron chi connectivity index (χ4n) is 1.57. The Labute approximate surface area is 89.1 Å². The minimum absolute atomic E-state index is 0.204. The number of amides is 1. The van der Waals surface area contributed by atoms with Crippen LogP contribution in [0.2, 0.25) is 0 Å². The molecule has 1 saturated heterocycles.